The Balaban J connectivity index is 1.56. The molecule has 0 bridgehead atoms. The lowest BCUT2D eigenvalue weighted by molar-refractivity contribution is -0.155. The first-order valence-electron chi connectivity index (χ1n) is 12.6. The Bertz CT molecular complexity index is 1180. The van der Waals surface area contributed by atoms with Crippen molar-refractivity contribution in [2.75, 3.05) is 20.1 Å². The summed E-state index contributed by atoms with van der Waals surface area (Å²) in [5.74, 6) is -9.94. The standard InChI is InChI=1S/C26H30FN3O6/c1-3-29-21-13-8-10-7-12-17(15(31)9-11(20(12)27)14-5-4-6-30-14)22(32)16(10)23(33)18(13)24(34)19(25(21)35)26(36)28-2/h9-10,13-14,16,18-19,21,29-31H,3-8H2,1-2H3,(H,28,36). The van der Waals surface area contributed by atoms with Crippen LogP contribution in [0, 0.1) is 35.4 Å². The summed E-state index contributed by atoms with van der Waals surface area (Å²) in [6.07, 6.45) is 1.79. The van der Waals surface area contributed by atoms with E-state index in [2.05, 4.69) is 16.0 Å². The van der Waals surface area contributed by atoms with E-state index in [0.29, 0.717) is 18.5 Å². The van der Waals surface area contributed by atoms with E-state index >= 15 is 4.39 Å². The molecule has 0 aromatic heterocycles. The first kappa shape index (κ1) is 24.7. The zero-order chi connectivity index (χ0) is 25.9. The van der Waals surface area contributed by atoms with Gasteiger partial charge in [-0.25, -0.2) is 4.39 Å². The number of amides is 1. The third-order valence-corrected chi connectivity index (χ3v) is 8.43. The van der Waals surface area contributed by atoms with Gasteiger partial charge in [0.15, 0.2) is 29.1 Å². The molecule has 10 heteroatoms. The average molecular weight is 500 g/mol. The number of hydrogen-bond donors (Lipinski definition) is 4. The van der Waals surface area contributed by atoms with Gasteiger partial charge >= 0.3 is 0 Å². The normalized spacial score (nSPS) is 33.7. The molecular weight excluding hydrogens is 469 g/mol. The number of carbonyl (C=O) groups excluding carboxylic acids is 5. The summed E-state index contributed by atoms with van der Waals surface area (Å²) in [7, 11) is 1.31. The first-order valence-corrected chi connectivity index (χ1v) is 12.6. The van der Waals surface area contributed by atoms with Crippen molar-refractivity contribution in [2.24, 2.45) is 29.6 Å². The molecule has 1 amide bonds. The molecule has 1 heterocycles. The third kappa shape index (κ3) is 3.53. The van der Waals surface area contributed by atoms with Gasteiger partial charge in [-0.1, -0.05) is 6.92 Å². The van der Waals surface area contributed by atoms with Crippen LogP contribution in [0.1, 0.15) is 53.7 Å². The van der Waals surface area contributed by atoms with Crippen LogP contribution in [0.2, 0.25) is 0 Å². The van der Waals surface area contributed by atoms with Gasteiger partial charge in [-0.2, -0.15) is 0 Å². The number of ketones is 4. The van der Waals surface area contributed by atoms with Crippen LogP contribution in [0.5, 0.6) is 5.75 Å². The maximum atomic E-state index is 15.7. The van der Waals surface area contributed by atoms with Gasteiger partial charge in [-0.15, -0.1) is 0 Å². The summed E-state index contributed by atoms with van der Waals surface area (Å²) in [6.45, 7) is 2.88. The molecule has 7 atom stereocenters. The lowest BCUT2D eigenvalue weighted by atomic mass is 9.54. The van der Waals surface area contributed by atoms with Crippen molar-refractivity contribution in [1.29, 1.82) is 0 Å². The minimum absolute atomic E-state index is 0.0424. The number of aromatic hydroxyl groups is 1. The first-order chi connectivity index (χ1) is 17.2. The van der Waals surface area contributed by atoms with Gasteiger partial charge in [-0.3, -0.25) is 24.0 Å². The molecule has 36 heavy (non-hydrogen) atoms. The SMILES string of the molecule is CCNC1C(=O)C(C(=O)NC)C(=O)C2C(=O)C3C(=O)c4c(O)cc(C5CCCN5)c(F)c4CC3CC12. The summed E-state index contributed by atoms with van der Waals surface area (Å²) < 4.78 is 15.7. The van der Waals surface area contributed by atoms with Crippen molar-refractivity contribution in [1.82, 2.24) is 16.0 Å². The second-order valence-corrected chi connectivity index (χ2v) is 10.3. The Morgan fingerprint density at radius 1 is 1.17 bits per heavy atom. The van der Waals surface area contributed by atoms with Gasteiger partial charge in [0.2, 0.25) is 5.91 Å². The van der Waals surface area contributed by atoms with Crippen LogP contribution in [-0.4, -0.2) is 60.3 Å². The van der Waals surface area contributed by atoms with Gasteiger partial charge in [0.25, 0.3) is 0 Å². The molecule has 4 N–H and O–H groups in total. The Labute approximate surface area is 207 Å². The van der Waals surface area contributed by atoms with Gasteiger partial charge in [0.1, 0.15) is 11.6 Å². The van der Waals surface area contributed by atoms with E-state index in [-0.39, 0.29) is 35.8 Å². The number of Topliss-reactive ketones (excluding diaryl/α,β-unsaturated/α-hetero) is 4. The van der Waals surface area contributed by atoms with E-state index in [0.717, 1.165) is 13.0 Å². The molecule has 192 valence electrons. The van der Waals surface area contributed by atoms with E-state index in [1.54, 1.807) is 6.92 Å². The summed E-state index contributed by atoms with van der Waals surface area (Å²) in [5.41, 5.74) is 0.192. The van der Waals surface area contributed by atoms with E-state index < -0.39 is 70.5 Å². The monoisotopic (exact) mass is 499 g/mol. The molecule has 4 aliphatic rings. The highest BCUT2D eigenvalue weighted by Crippen LogP contribution is 2.49. The zero-order valence-corrected chi connectivity index (χ0v) is 20.2. The Hall–Kier alpha value is -2.98. The minimum Gasteiger partial charge on any atom is -0.507 e. The van der Waals surface area contributed by atoms with Crippen LogP contribution < -0.4 is 16.0 Å². The molecular formula is C26H30FN3O6. The number of phenols is 1. The maximum Gasteiger partial charge on any atom is 0.237 e. The van der Waals surface area contributed by atoms with Crippen molar-refractivity contribution in [2.45, 2.75) is 44.7 Å². The van der Waals surface area contributed by atoms with Gasteiger partial charge in [-0.05, 0) is 56.7 Å². The minimum atomic E-state index is -1.63. The molecule has 7 unspecified atom stereocenters. The van der Waals surface area contributed by atoms with E-state index in [4.69, 9.17) is 0 Å². The number of likely N-dealkylation sites (N-methyl/N-ethyl adjacent to an activating group) is 1. The smallest absolute Gasteiger partial charge is 0.237 e. The number of phenolic OH excluding ortho intramolecular Hbond substituents is 1. The van der Waals surface area contributed by atoms with Crippen LogP contribution >= 0.6 is 0 Å². The lowest BCUT2D eigenvalue weighted by Crippen LogP contribution is -2.65. The van der Waals surface area contributed by atoms with E-state index in [9.17, 15) is 29.1 Å². The molecule has 1 aromatic rings. The second-order valence-electron chi connectivity index (χ2n) is 10.3. The predicted molar refractivity (Wildman–Crippen MR) is 125 cm³/mol. The largest absolute Gasteiger partial charge is 0.507 e. The van der Waals surface area contributed by atoms with Crippen molar-refractivity contribution < 1.29 is 33.5 Å². The second kappa shape index (κ2) is 9.15. The van der Waals surface area contributed by atoms with Crippen molar-refractivity contribution >= 4 is 29.0 Å². The number of nitrogens with one attached hydrogen (secondary N) is 3. The summed E-state index contributed by atoms with van der Waals surface area (Å²) in [6, 6.07) is 0.0899. The maximum absolute atomic E-state index is 15.7. The van der Waals surface area contributed by atoms with Crippen LogP contribution in [0.3, 0.4) is 0 Å². The summed E-state index contributed by atoms with van der Waals surface area (Å²) in [4.78, 5) is 66.2. The highest BCUT2D eigenvalue weighted by Gasteiger charge is 2.61. The quantitative estimate of drug-likeness (QED) is 0.442. The predicted octanol–water partition coefficient (Wildman–Crippen LogP) is 0.624. The van der Waals surface area contributed by atoms with Gasteiger partial charge in [0.05, 0.1) is 23.4 Å². The molecule has 3 fully saturated rings. The molecule has 0 radical (unpaired) electrons. The highest BCUT2D eigenvalue weighted by atomic mass is 19.1. The molecule has 5 rings (SSSR count). The molecule has 1 aliphatic heterocycles. The van der Waals surface area contributed by atoms with Crippen LogP contribution in [0.25, 0.3) is 0 Å². The fourth-order valence-corrected chi connectivity index (χ4v) is 6.88. The Kier molecular flexibility index (Phi) is 6.28. The van der Waals surface area contributed by atoms with E-state index in [1.807, 2.05) is 0 Å². The number of benzene rings is 1. The topological polar surface area (TPSA) is 142 Å². The average Bonchev–Trinajstić information content (AvgIpc) is 3.38. The summed E-state index contributed by atoms with van der Waals surface area (Å²) >= 11 is 0. The molecule has 0 spiro atoms. The molecule has 1 aromatic carbocycles. The molecule has 9 nitrogen and oxygen atoms in total. The number of carbonyl (C=O) groups is 5. The fourth-order valence-electron chi connectivity index (χ4n) is 6.88. The molecule has 2 saturated carbocycles. The van der Waals surface area contributed by atoms with Gasteiger partial charge < -0.3 is 21.1 Å². The molecule has 1 saturated heterocycles. The number of halogens is 1. The zero-order valence-electron chi connectivity index (χ0n) is 20.2. The molecule has 3 aliphatic carbocycles. The lowest BCUT2D eigenvalue weighted by Gasteiger charge is -2.47. The van der Waals surface area contributed by atoms with Gasteiger partial charge in [0, 0.05) is 24.2 Å². The fraction of sp³-hybridized carbons (Fsp3) is 0.577. The van der Waals surface area contributed by atoms with E-state index in [1.165, 1.54) is 13.1 Å². The highest BCUT2D eigenvalue weighted by molar-refractivity contribution is 6.28. The Morgan fingerprint density at radius 3 is 2.56 bits per heavy atom. The third-order valence-electron chi connectivity index (χ3n) is 8.43. The van der Waals surface area contributed by atoms with Crippen LogP contribution in [0.4, 0.5) is 4.39 Å². The van der Waals surface area contributed by atoms with Crippen molar-refractivity contribution in [3.05, 3.63) is 28.6 Å². The van der Waals surface area contributed by atoms with Crippen LogP contribution in [-0.2, 0) is 25.6 Å². The van der Waals surface area contributed by atoms with Crippen molar-refractivity contribution in [3.8, 4) is 5.75 Å². The Morgan fingerprint density at radius 2 is 1.92 bits per heavy atom. The van der Waals surface area contributed by atoms with Crippen molar-refractivity contribution in [3.63, 3.8) is 0 Å². The van der Waals surface area contributed by atoms with Crippen LogP contribution in [0.15, 0.2) is 6.07 Å². The summed E-state index contributed by atoms with van der Waals surface area (Å²) in [5, 5.41) is 19.3. The number of fused-ring (bicyclic) bond motifs is 3. The number of rotatable bonds is 4. The number of hydrogen-bond acceptors (Lipinski definition) is 8.